The molecule has 3 aromatic heterocycles. The third-order valence-electron chi connectivity index (χ3n) is 10.9. The summed E-state index contributed by atoms with van der Waals surface area (Å²) < 4.78 is 4.88. The first-order valence-electron chi connectivity index (χ1n) is 18.4. The maximum atomic E-state index is 5.14. The van der Waals surface area contributed by atoms with Crippen LogP contribution in [0.4, 0.5) is 0 Å². The molecular formula is C49H29N5S. The lowest BCUT2D eigenvalue weighted by atomic mass is 10.00. The number of benzene rings is 8. The Morgan fingerprint density at radius 1 is 0.400 bits per heavy atom. The number of hydrogen-bond acceptors (Lipinski definition) is 4. The first-order chi connectivity index (χ1) is 27.3. The summed E-state index contributed by atoms with van der Waals surface area (Å²) in [5.41, 5.74) is 8.71. The molecule has 55 heavy (non-hydrogen) atoms. The second-order valence-electron chi connectivity index (χ2n) is 14.1. The molecule has 0 N–H and O–H groups in total. The van der Waals surface area contributed by atoms with Gasteiger partial charge in [0.05, 0.1) is 16.7 Å². The van der Waals surface area contributed by atoms with E-state index >= 15 is 0 Å². The van der Waals surface area contributed by atoms with Gasteiger partial charge < -0.3 is 0 Å². The maximum absolute atomic E-state index is 5.14. The molecule has 0 fully saturated rings. The minimum absolute atomic E-state index is 0.634. The van der Waals surface area contributed by atoms with Crippen LogP contribution in [-0.4, -0.2) is 24.1 Å². The highest BCUT2D eigenvalue weighted by molar-refractivity contribution is 7.99. The van der Waals surface area contributed by atoms with Crippen molar-refractivity contribution in [1.82, 2.24) is 24.1 Å². The molecule has 11 aromatic rings. The average molecular weight is 720 g/mol. The molecule has 1 aliphatic heterocycles. The van der Waals surface area contributed by atoms with E-state index in [1.165, 1.54) is 69.9 Å². The first kappa shape index (κ1) is 30.4. The molecule has 8 aromatic carbocycles. The van der Waals surface area contributed by atoms with E-state index in [9.17, 15) is 0 Å². The first-order valence-corrected chi connectivity index (χ1v) is 19.3. The van der Waals surface area contributed by atoms with Crippen molar-refractivity contribution in [2.75, 3.05) is 0 Å². The highest BCUT2D eigenvalue weighted by atomic mass is 32.2. The molecule has 0 unspecified atom stereocenters. The van der Waals surface area contributed by atoms with E-state index < -0.39 is 0 Å². The lowest BCUT2D eigenvalue weighted by Crippen LogP contribution is -2.05. The third kappa shape index (κ3) is 4.59. The summed E-state index contributed by atoms with van der Waals surface area (Å²) in [6, 6.07) is 62.4. The zero-order valence-corrected chi connectivity index (χ0v) is 30.2. The number of hydrogen-bond donors (Lipinski definition) is 0. The SMILES string of the molecule is c1ccc(-c2nc(-c3ccc(-n4c5ccccc5c5c6cccc7c6n(c54)-c4ccccc4S7)cc3)nc(-c3ccc4ccc5ccccc5c4c3)n2)cc1. The van der Waals surface area contributed by atoms with Crippen LogP contribution < -0.4 is 0 Å². The van der Waals surface area contributed by atoms with Gasteiger partial charge in [0.1, 0.15) is 5.65 Å². The van der Waals surface area contributed by atoms with Crippen LogP contribution in [0.2, 0.25) is 0 Å². The Hall–Kier alpha value is -7.02. The highest BCUT2D eigenvalue weighted by Gasteiger charge is 2.27. The van der Waals surface area contributed by atoms with E-state index in [-0.39, 0.29) is 0 Å². The quantitative estimate of drug-likeness (QED) is 0.170. The monoisotopic (exact) mass is 719 g/mol. The van der Waals surface area contributed by atoms with E-state index in [0.717, 1.165) is 22.4 Å². The van der Waals surface area contributed by atoms with Gasteiger partial charge in [-0.15, -0.1) is 0 Å². The molecule has 0 aliphatic carbocycles. The third-order valence-corrected chi connectivity index (χ3v) is 12.1. The van der Waals surface area contributed by atoms with Gasteiger partial charge in [0, 0.05) is 48.3 Å². The fourth-order valence-electron chi connectivity index (χ4n) is 8.44. The molecule has 0 atom stereocenters. The van der Waals surface area contributed by atoms with Crippen LogP contribution in [0.3, 0.4) is 0 Å². The van der Waals surface area contributed by atoms with Crippen molar-refractivity contribution in [2.45, 2.75) is 9.79 Å². The molecule has 0 saturated heterocycles. The number of aromatic nitrogens is 5. The Balaban J connectivity index is 1.05. The van der Waals surface area contributed by atoms with Gasteiger partial charge in [-0.2, -0.15) is 0 Å². The van der Waals surface area contributed by atoms with Crippen molar-refractivity contribution in [3.05, 3.63) is 176 Å². The lowest BCUT2D eigenvalue weighted by molar-refractivity contribution is 1.03. The Kier molecular flexibility index (Phi) is 6.50. The van der Waals surface area contributed by atoms with Gasteiger partial charge in [0.2, 0.25) is 0 Å². The van der Waals surface area contributed by atoms with E-state index in [2.05, 4.69) is 167 Å². The molecule has 0 saturated carbocycles. The fraction of sp³-hybridized carbons (Fsp3) is 0. The van der Waals surface area contributed by atoms with Gasteiger partial charge in [0.15, 0.2) is 17.5 Å². The molecule has 0 spiro atoms. The molecular weight excluding hydrogens is 691 g/mol. The van der Waals surface area contributed by atoms with Crippen LogP contribution in [0.1, 0.15) is 0 Å². The number of para-hydroxylation sites is 3. The Bertz CT molecular complexity index is 3340. The van der Waals surface area contributed by atoms with E-state index in [0.29, 0.717) is 17.5 Å². The molecule has 12 rings (SSSR count). The van der Waals surface area contributed by atoms with Crippen molar-refractivity contribution >= 4 is 66.1 Å². The zero-order valence-electron chi connectivity index (χ0n) is 29.4. The van der Waals surface area contributed by atoms with Crippen LogP contribution in [-0.2, 0) is 0 Å². The summed E-state index contributed by atoms with van der Waals surface area (Å²) >= 11 is 1.85. The summed E-state index contributed by atoms with van der Waals surface area (Å²) in [5, 5.41) is 8.57. The summed E-state index contributed by atoms with van der Waals surface area (Å²) in [6.45, 7) is 0. The number of rotatable bonds is 4. The summed E-state index contributed by atoms with van der Waals surface area (Å²) in [7, 11) is 0. The van der Waals surface area contributed by atoms with Crippen molar-refractivity contribution in [3.63, 3.8) is 0 Å². The van der Waals surface area contributed by atoms with Crippen LogP contribution in [0, 0.1) is 0 Å². The molecule has 256 valence electrons. The predicted molar refractivity (Wildman–Crippen MR) is 226 cm³/mol. The zero-order chi connectivity index (χ0) is 36.0. The van der Waals surface area contributed by atoms with Gasteiger partial charge in [0.25, 0.3) is 0 Å². The minimum Gasteiger partial charge on any atom is -0.295 e. The second-order valence-corrected chi connectivity index (χ2v) is 15.1. The molecule has 0 radical (unpaired) electrons. The van der Waals surface area contributed by atoms with Gasteiger partial charge in [-0.1, -0.05) is 133 Å². The molecule has 0 bridgehead atoms. The fourth-order valence-corrected chi connectivity index (χ4v) is 9.53. The van der Waals surface area contributed by atoms with E-state index in [1.54, 1.807) is 0 Å². The number of fused-ring (bicyclic) bond motifs is 10. The summed E-state index contributed by atoms with van der Waals surface area (Å²) in [6.07, 6.45) is 0. The summed E-state index contributed by atoms with van der Waals surface area (Å²) in [4.78, 5) is 17.8. The van der Waals surface area contributed by atoms with Crippen molar-refractivity contribution < 1.29 is 0 Å². The predicted octanol–water partition coefficient (Wildman–Crippen LogP) is 12.7. The molecule has 5 nitrogen and oxygen atoms in total. The average Bonchev–Trinajstić information content (AvgIpc) is 3.78. The Morgan fingerprint density at radius 3 is 1.84 bits per heavy atom. The highest BCUT2D eigenvalue weighted by Crippen LogP contribution is 2.49. The van der Waals surface area contributed by atoms with Crippen LogP contribution in [0.25, 0.3) is 99.9 Å². The van der Waals surface area contributed by atoms with E-state index in [4.69, 9.17) is 15.0 Å². The molecule has 6 heteroatoms. The minimum atomic E-state index is 0.634. The molecule has 0 amide bonds. The van der Waals surface area contributed by atoms with Crippen molar-refractivity contribution in [2.24, 2.45) is 0 Å². The topological polar surface area (TPSA) is 48.5 Å². The maximum Gasteiger partial charge on any atom is 0.164 e. The van der Waals surface area contributed by atoms with Crippen molar-refractivity contribution in [1.29, 1.82) is 0 Å². The molecule has 4 heterocycles. The smallest absolute Gasteiger partial charge is 0.164 e. The van der Waals surface area contributed by atoms with Gasteiger partial charge in [-0.25, -0.2) is 15.0 Å². The van der Waals surface area contributed by atoms with Crippen LogP contribution in [0.15, 0.2) is 186 Å². The van der Waals surface area contributed by atoms with Gasteiger partial charge in [-0.3, -0.25) is 9.13 Å². The summed E-state index contributed by atoms with van der Waals surface area (Å²) in [5.74, 6) is 1.93. The standard InChI is InChI=1S/C49H29N5S/c1-2-12-32(13-3-1)46-50-47(52-48(51-46)34-24-23-31-22-21-30-11-4-5-14-36(30)39(31)29-34)33-25-27-35(28-26-33)53-40-17-7-6-15-37(40)44-38-16-10-20-43-45(38)54(49(44)53)41-18-8-9-19-42(41)55-43/h1-29H. The van der Waals surface area contributed by atoms with E-state index in [1.807, 2.05) is 30.0 Å². The Labute approximate surface area is 320 Å². The Morgan fingerprint density at radius 2 is 1.00 bits per heavy atom. The van der Waals surface area contributed by atoms with Crippen LogP contribution in [0.5, 0.6) is 0 Å². The number of nitrogens with zero attached hydrogens (tertiary/aromatic N) is 5. The van der Waals surface area contributed by atoms with Gasteiger partial charge in [-0.05, 0) is 76.1 Å². The van der Waals surface area contributed by atoms with Crippen molar-refractivity contribution in [3.8, 4) is 45.5 Å². The second kappa shape index (κ2) is 11.7. The molecule has 1 aliphatic rings. The normalized spacial score (nSPS) is 12.3. The van der Waals surface area contributed by atoms with Gasteiger partial charge >= 0.3 is 0 Å². The lowest BCUT2D eigenvalue weighted by Gasteiger charge is -2.21. The largest absolute Gasteiger partial charge is 0.295 e. The van der Waals surface area contributed by atoms with Crippen LogP contribution >= 0.6 is 11.8 Å².